The Labute approximate surface area is 115 Å². The van der Waals surface area contributed by atoms with Crippen molar-refractivity contribution < 1.29 is 5.11 Å². The van der Waals surface area contributed by atoms with Crippen molar-refractivity contribution in [1.82, 2.24) is 0 Å². The molecule has 0 heterocycles. The number of hydrogen-bond acceptors (Lipinski definition) is 1. The Balaban J connectivity index is 2.38. The predicted octanol–water partition coefficient (Wildman–Crippen LogP) is 4.28. The Kier molecular flexibility index (Phi) is 4.53. The van der Waals surface area contributed by atoms with Crippen LogP contribution in [0.1, 0.15) is 30.9 Å². The van der Waals surface area contributed by atoms with Crippen LogP contribution in [0.4, 0.5) is 0 Å². The lowest BCUT2D eigenvalue weighted by Gasteiger charge is -2.29. The summed E-state index contributed by atoms with van der Waals surface area (Å²) in [6.07, 6.45) is 5.66. The third kappa shape index (κ3) is 3.12. The average Bonchev–Trinajstić information content (AvgIpc) is 2.49. The summed E-state index contributed by atoms with van der Waals surface area (Å²) in [4.78, 5) is 0. The smallest absolute Gasteiger partial charge is 0.115 e. The van der Waals surface area contributed by atoms with Gasteiger partial charge in [-0.05, 0) is 30.9 Å². The van der Waals surface area contributed by atoms with Crippen LogP contribution in [0.25, 0.3) is 0 Å². The molecule has 98 valence electrons. The van der Waals surface area contributed by atoms with Crippen LogP contribution in [0.15, 0.2) is 72.8 Å². The fourth-order valence-electron chi connectivity index (χ4n) is 2.34. The molecule has 0 bridgehead atoms. The minimum absolute atomic E-state index is 0.686. The van der Waals surface area contributed by atoms with Gasteiger partial charge in [-0.3, -0.25) is 0 Å². The normalized spacial score (nSPS) is 11.9. The Morgan fingerprint density at radius 2 is 1.37 bits per heavy atom. The van der Waals surface area contributed by atoms with Gasteiger partial charge in [0.2, 0.25) is 0 Å². The van der Waals surface area contributed by atoms with E-state index in [9.17, 15) is 5.11 Å². The highest BCUT2D eigenvalue weighted by Crippen LogP contribution is 2.33. The molecule has 1 N–H and O–H groups in total. The van der Waals surface area contributed by atoms with Crippen LogP contribution in [0.2, 0.25) is 0 Å². The van der Waals surface area contributed by atoms with Gasteiger partial charge >= 0.3 is 0 Å². The van der Waals surface area contributed by atoms with Crippen molar-refractivity contribution in [3.8, 4) is 0 Å². The van der Waals surface area contributed by atoms with Gasteiger partial charge in [0.05, 0.1) is 0 Å². The summed E-state index contributed by atoms with van der Waals surface area (Å²) in [6, 6.07) is 19.8. The highest BCUT2D eigenvalue weighted by atomic mass is 16.3. The zero-order valence-corrected chi connectivity index (χ0v) is 11.3. The van der Waals surface area contributed by atoms with Crippen molar-refractivity contribution in [2.75, 3.05) is 0 Å². The van der Waals surface area contributed by atoms with Crippen molar-refractivity contribution in [3.05, 3.63) is 83.9 Å². The summed E-state index contributed by atoms with van der Waals surface area (Å²) in [5.74, 6) is 0. The van der Waals surface area contributed by atoms with Gasteiger partial charge in [-0.2, -0.15) is 0 Å². The Hall–Kier alpha value is -1.86. The third-order valence-electron chi connectivity index (χ3n) is 3.41. The molecule has 0 fully saturated rings. The molecular weight excluding hydrogens is 232 g/mol. The van der Waals surface area contributed by atoms with E-state index in [-0.39, 0.29) is 0 Å². The molecule has 0 aromatic heterocycles. The lowest BCUT2D eigenvalue weighted by atomic mass is 9.82. The maximum absolute atomic E-state index is 11.1. The summed E-state index contributed by atoms with van der Waals surface area (Å²) in [5.41, 5.74) is 0.985. The van der Waals surface area contributed by atoms with Gasteiger partial charge in [-0.15, -0.1) is 0 Å². The van der Waals surface area contributed by atoms with Gasteiger partial charge in [0.15, 0.2) is 0 Å². The Morgan fingerprint density at radius 1 is 0.895 bits per heavy atom. The second kappa shape index (κ2) is 6.35. The van der Waals surface area contributed by atoms with Crippen LogP contribution in [-0.4, -0.2) is 5.11 Å². The molecule has 2 aromatic carbocycles. The lowest BCUT2D eigenvalue weighted by molar-refractivity contribution is 0.0721. The molecule has 0 atom stereocenters. The van der Waals surface area contributed by atoms with E-state index in [0.29, 0.717) is 6.42 Å². The summed E-state index contributed by atoms with van der Waals surface area (Å²) >= 11 is 0. The Morgan fingerprint density at radius 3 is 1.79 bits per heavy atom. The predicted molar refractivity (Wildman–Crippen MR) is 79.9 cm³/mol. The molecule has 0 saturated carbocycles. The molecule has 0 unspecified atom stereocenters. The van der Waals surface area contributed by atoms with E-state index in [1.54, 1.807) is 0 Å². The van der Waals surface area contributed by atoms with Gasteiger partial charge < -0.3 is 5.11 Å². The number of benzene rings is 2. The standard InChI is InChI=1S/C18H20O/c1-2-3-10-15-18(19,16-11-6-4-7-12-16)17-13-8-5-9-14-17/h2-9,11-14,19H,10,15H2,1H3/b3-2+. The van der Waals surface area contributed by atoms with Crippen LogP contribution in [0, 0.1) is 0 Å². The largest absolute Gasteiger partial charge is 0.380 e. The fraction of sp³-hybridized carbons (Fsp3) is 0.222. The van der Waals surface area contributed by atoms with E-state index >= 15 is 0 Å². The van der Waals surface area contributed by atoms with E-state index in [1.807, 2.05) is 73.7 Å². The topological polar surface area (TPSA) is 20.2 Å². The molecule has 1 nitrogen and oxygen atoms in total. The first-order valence-corrected chi connectivity index (χ1v) is 6.72. The lowest BCUT2D eigenvalue weighted by Crippen LogP contribution is -2.27. The number of hydrogen-bond donors (Lipinski definition) is 1. The van der Waals surface area contributed by atoms with Crippen LogP contribution in [-0.2, 0) is 5.60 Å². The quantitative estimate of drug-likeness (QED) is 0.787. The van der Waals surface area contributed by atoms with E-state index in [0.717, 1.165) is 17.5 Å². The molecule has 0 saturated heterocycles. The van der Waals surface area contributed by atoms with Gasteiger partial charge in [-0.1, -0.05) is 72.8 Å². The van der Waals surface area contributed by atoms with E-state index in [4.69, 9.17) is 0 Å². The zero-order chi connectivity index (χ0) is 13.6. The molecule has 2 aromatic rings. The van der Waals surface area contributed by atoms with Crippen LogP contribution in [0.3, 0.4) is 0 Å². The number of rotatable bonds is 5. The fourth-order valence-corrected chi connectivity index (χ4v) is 2.34. The maximum Gasteiger partial charge on any atom is 0.115 e. The number of aliphatic hydroxyl groups is 1. The van der Waals surface area contributed by atoms with Gasteiger partial charge in [0.1, 0.15) is 5.60 Å². The number of allylic oxidation sites excluding steroid dienone is 2. The highest BCUT2D eigenvalue weighted by Gasteiger charge is 2.30. The third-order valence-corrected chi connectivity index (χ3v) is 3.41. The second-order valence-electron chi connectivity index (χ2n) is 4.70. The monoisotopic (exact) mass is 252 g/mol. The minimum atomic E-state index is -0.915. The molecule has 0 amide bonds. The highest BCUT2D eigenvalue weighted by molar-refractivity contribution is 5.35. The van der Waals surface area contributed by atoms with Gasteiger partial charge in [0, 0.05) is 0 Å². The molecule has 0 aliphatic carbocycles. The van der Waals surface area contributed by atoms with E-state index in [1.165, 1.54) is 0 Å². The molecule has 19 heavy (non-hydrogen) atoms. The SMILES string of the molecule is C/C=C/CCC(O)(c1ccccc1)c1ccccc1. The molecule has 0 aliphatic rings. The second-order valence-corrected chi connectivity index (χ2v) is 4.70. The van der Waals surface area contributed by atoms with E-state index in [2.05, 4.69) is 6.08 Å². The minimum Gasteiger partial charge on any atom is -0.380 e. The first-order chi connectivity index (χ1) is 9.27. The Bertz CT molecular complexity index is 474. The van der Waals surface area contributed by atoms with Gasteiger partial charge in [-0.25, -0.2) is 0 Å². The van der Waals surface area contributed by atoms with Crippen LogP contribution < -0.4 is 0 Å². The summed E-state index contributed by atoms with van der Waals surface area (Å²) < 4.78 is 0. The van der Waals surface area contributed by atoms with Crippen molar-refractivity contribution in [2.24, 2.45) is 0 Å². The van der Waals surface area contributed by atoms with Crippen molar-refractivity contribution in [2.45, 2.75) is 25.4 Å². The van der Waals surface area contributed by atoms with Gasteiger partial charge in [0.25, 0.3) is 0 Å². The first-order valence-electron chi connectivity index (χ1n) is 6.72. The van der Waals surface area contributed by atoms with E-state index < -0.39 is 5.60 Å². The zero-order valence-electron chi connectivity index (χ0n) is 11.3. The molecule has 1 heteroatoms. The molecule has 0 aliphatic heterocycles. The summed E-state index contributed by atoms with van der Waals surface area (Å²) in [6.45, 7) is 2.00. The molecule has 0 spiro atoms. The first kappa shape index (κ1) is 13.6. The van der Waals surface area contributed by atoms with Crippen molar-refractivity contribution in [1.29, 1.82) is 0 Å². The molecule has 2 rings (SSSR count). The molecular formula is C18H20O. The van der Waals surface area contributed by atoms with Crippen molar-refractivity contribution in [3.63, 3.8) is 0 Å². The average molecular weight is 252 g/mol. The van der Waals surface area contributed by atoms with Crippen LogP contribution >= 0.6 is 0 Å². The maximum atomic E-state index is 11.1. The van der Waals surface area contributed by atoms with Crippen molar-refractivity contribution >= 4 is 0 Å². The summed E-state index contributed by atoms with van der Waals surface area (Å²) in [5, 5.41) is 11.1. The molecule has 0 radical (unpaired) electrons. The summed E-state index contributed by atoms with van der Waals surface area (Å²) in [7, 11) is 0. The van der Waals surface area contributed by atoms with Crippen LogP contribution in [0.5, 0.6) is 0 Å².